The van der Waals surface area contributed by atoms with Gasteiger partial charge in [-0.25, -0.2) is 0 Å². The van der Waals surface area contributed by atoms with Crippen LogP contribution in [0.25, 0.3) is 10.6 Å². The molecule has 17 heavy (non-hydrogen) atoms. The van der Waals surface area contributed by atoms with E-state index < -0.39 is 0 Å². The monoisotopic (exact) mass is 248 g/mol. The van der Waals surface area contributed by atoms with Gasteiger partial charge in [-0.1, -0.05) is 11.3 Å². The number of aromatic nitrogens is 3. The van der Waals surface area contributed by atoms with Crippen LogP contribution in [-0.2, 0) is 6.42 Å². The van der Waals surface area contributed by atoms with Gasteiger partial charge < -0.3 is 5.32 Å². The van der Waals surface area contributed by atoms with Crippen molar-refractivity contribution in [3.8, 4) is 10.6 Å². The lowest BCUT2D eigenvalue weighted by Crippen LogP contribution is -2.08. The van der Waals surface area contributed by atoms with Crippen LogP contribution in [0, 0.1) is 6.92 Å². The molecule has 0 saturated heterocycles. The van der Waals surface area contributed by atoms with Gasteiger partial charge in [-0.05, 0) is 38.6 Å². The summed E-state index contributed by atoms with van der Waals surface area (Å²) in [6.07, 6.45) is 5.76. The first-order chi connectivity index (χ1) is 8.29. The molecule has 0 atom stereocenters. The summed E-state index contributed by atoms with van der Waals surface area (Å²) in [5.41, 5.74) is 2.21. The molecule has 0 spiro atoms. The van der Waals surface area contributed by atoms with Crippen LogP contribution in [0.4, 0.5) is 0 Å². The predicted octanol–water partition coefficient (Wildman–Crippen LogP) is 2.06. The summed E-state index contributed by atoms with van der Waals surface area (Å²) in [5.74, 6) is 0. The number of pyridine rings is 1. The van der Waals surface area contributed by atoms with Crippen molar-refractivity contribution in [2.75, 3.05) is 13.6 Å². The number of nitrogens with one attached hydrogen (secondary N) is 1. The number of nitrogens with zero attached hydrogens (tertiary/aromatic N) is 3. The molecular weight excluding hydrogens is 232 g/mol. The van der Waals surface area contributed by atoms with Gasteiger partial charge in [-0.2, -0.15) is 0 Å². The highest BCUT2D eigenvalue weighted by Crippen LogP contribution is 2.23. The molecule has 0 radical (unpaired) electrons. The van der Waals surface area contributed by atoms with E-state index in [4.69, 9.17) is 0 Å². The van der Waals surface area contributed by atoms with Crippen LogP contribution in [0.15, 0.2) is 18.5 Å². The Morgan fingerprint density at radius 3 is 2.94 bits per heavy atom. The first kappa shape index (κ1) is 12.1. The zero-order valence-electron chi connectivity index (χ0n) is 10.1. The van der Waals surface area contributed by atoms with Crippen molar-refractivity contribution in [1.82, 2.24) is 20.5 Å². The summed E-state index contributed by atoms with van der Waals surface area (Å²) in [6.45, 7) is 3.05. The number of hydrogen-bond acceptors (Lipinski definition) is 5. The van der Waals surface area contributed by atoms with Crippen LogP contribution < -0.4 is 5.32 Å². The Bertz CT molecular complexity index is 481. The highest BCUT2D eigenvalue weighted by atomic mass is 32.1. The van der Waals surface area contributed by atoms with Gasteiger partial charge in [0.2, 0.25) is 0 Å². The molecule has 2 heterocycles. The standard InChI is InChI=1S/C12H16N4S/c1-9-6-10(8-14-7-9)12-16-15-11(17-12)4-3-5-13-2/h6-8,13H,3-5H2,1-2H3. The molecule has 0 bridgehead atoms. The number of rotatable bonds is 5. The average Bonchev–Trinajstić information content (AvgIpc) is 2.78. The van der Waals surface area contributed by atoms with Crippen LogP contribution >= 0.6 is 11.3 Å². The van der Waals surface area contributed by atoms with Gasteiger partial charge in [-0.3, -0.25) is 4.98 Å². The molecular formula is C12H16N4S. The summed E-state index contributed by atoms with van der Waals surface area (Å²) in [7, 11) is 1.96. The maximum Gasteiger partial charge on any atom is 0.149 e. The third-order valence-electron chi connectivity index (χ3n) is 2.41. The van der Waals surface area contributed by atoms with Gasteiger partial charge >= 0.3 is 0 Å². The Morgan fingerprint density at radius 1 is 1.29 bits per heavy atom. The molecule has 1 N–H and O–H groups in total. The lowest BCUT2D eigenvalue weighted by atomic mass is 10.2. The van der Waals surface area contributed by atoms with E-state index in [-0.39, 0.29) is 0 Å². The molecule has 4 nitrogen and oxygen atoms in total. The van der Waals surface area contributed by atoms with E-state index in [0.29, 0.717) is 0 Å². The molecule has 0 aliphatic rings. The second-order valence-electron chi connectivity index (χ2n) is 3.96. The van der Waals surface area contributed by atoms with E-state index in [9.17, 15) is 0 Å². The second-order valence-corrected chi connectivity index (χ2v) is 5.02. The van der Waals surface area contributed by atoms with Crippen LogP contribution in [0.2, 0.25) is 0 Å². The Labute approximate surface area is 105 Å². The van der Waals surface area contributed by atoms with Gasteiger partial charge in [0.1, 0.15) is 10.0 Å². The van der Waals surface area contributed by atoms with E-state index in [2.05, 4.69) is 26.6 Å². The maximum absolute atomic E-state index is 4.21. The SMILES string of the molecule is CNCCCc1nnc(-c2cncc(C)c2)s1. The molecule has 2 aromatic rings. The summed E-state index contributed by atoms with van der Waals surface area (Å²) in [4.78, 5) is 4.17. The second kappa shape index (κ2) is 5.84. The van der Waals surface area contributed by atoms with E-state index in [0.717, 1.165) is 40.5 Å². The minimum absolute atomic E-state index is 0.959. The van der Waals surface area contributed by atoms with Gasteiger partial charge in [0.25, 0.3) is 0 Å². The van der Waals surface area contributed by atoms with E-state index >= 15 is 0 Å². The van der Waals surface area contributed by atoms with Crippen molar-refractivity contribution in [3.63, 3.8) is 0 Å². The Hall–Kier alpha value is -1.33. The normalized spacial score (nSPS) is 10.7. The van der Waals surface area contributed by atoms with Gasteiger partial charge in [0.15, 0.2) is 0 Å². The zero-order valence-corrected chi connectivity index (χ0v) is 10.9. The van der Waals surface area contributed by atoms with Crippen molar-refractivity contribution in [2.24, 2.45) is 0 Å². The van der Waals surface area contributed by atoms with Crippen LogP contribution in [-0.4, -0.2) is 28.8 Å². The van der Waals surface area contributed by atoms with Gasteiger partial charge in [0, 0.05) is 24.4 Å². The van der Waals surface area contributed by atoms with Crippen LogP contribution in [0.3, 0.4) is 0 Å². The largest absolute Gasteiger partial charge is 0.320 e. The smallest absolute Gasteiger partial charge is 0.149 e. The summed E-state index contributed by atoms with van der Waals surface area (Å²) in [5, 5.41) is 13.6. The van der Waals surface area contributed by atoms with Crippen molar-refractivity contribution in [2.45, 2.75) is 19.8 Å². The molecule has 90 valence electrons. The molecule has 0 saturated carbocycles. The predicted molar refractivity (Wildman–Crippen MR) is 70.1 cm³/mol. The lowest BCUT2D eigenvalue weighted by molar-refractivity contribution is 0.718. The fraction of sp³-hybridized carbons (Fsp3) is 0.417. The quantitative estimate of drug-likeness (QED) is 0.823. The van der Waals surface area contributed by atoms with E-state index in [1.54, 1.807) is 11.3 Å². The molecule has 0 aromatic carbocycles. The van der Waals surface area contributed by atoms with Crippen LogP contribution in [0.1, 0.15) is 17.0 Å². The van der Waals surface area contributed by atoms with Gasteiger partial charge in [0.05, 0.1) is 0 Å². The number of aryl methyl sites for hydroxylation is 2. The van der Waals surface area contributed by atoms with Crippen molar-refractivity contribution < 1.29 is 0 Å². The fourth-order valence-corrected chi connectivity index (χ4v) is 2.42. The molecule has 0 amide bonds. The summed E-state index contributed by atoms with van der Waals surface area (Å²) >= 11 is 1.66. The van der Waals surface area contributed by atoms with Crippen LogP contribution in [0.5, 0.6) is 0 Å². The lowest BCUT2D eigenvalue weighted by Gasteiger charge is -1.96. The minimum Gasteiger partial charge on any atom is -0.320 e. The molecule has 2 aromatic heterocycles. The Balaban J connectivity index is 2.07. The molecule has 0 fully saturated rings. The highest BCUT2D eigenvalue weighted by Gasteiger charge is 2.06. The van der Waals surface area contributed by atoms with Gasteiger partial charge in [-0.15, -0.1) is 10.2 Å². The third-order valence-corrected chi connectivity index (χ3v) is 3.44. The topological polar surface area (TPSA) is 50.7 Å². The molecule has 0 aliphatic heterocycles. The molecule has 2 rings (SSSR count). The maximum atomic E-state index is 4.21. The Kier molecular flexibility index (Phi) is 4.17. The molecule has 5 heteroatoms. The first-order valence-electron chi connectivity index (χ1n) is 5.68. The Morgan fingerprint density at radius 2 is 2.18 bits per heavy atom. The van der Waals surface area contributed by atoms with Crippen molar-refractivity contribution >= 4 is 11.3 Å². The van der Waals surface area contributed by atoms with Crippen molar-refractivity contribution in [1.29, 1.82) is 0 Å². The fourth-order valence-electron chi connectivity index (χ4n) is 1.56. The number of hydrogen-bond donors (Lipinski definition) is 1. The van der Waals surface area contributed by atoms with E-state index in [1.165, 1.54) is 0 Å². The zero-order chi connectivity index (χ0) is 12.1. The van der Waals surface area contributed by atoms with Crippen molar-refractivity contribution in [3.05, 3.63) is 29.0 Å². The minimum atomic E-state index is 0.959. The van der Waals surface area contributed by atoms with E-state index in [1.807, 2.05) is 26.4 Å². The molecule has 0 aliphatic carbocycles. The molecule has 0 unspecified atom stereocenters. The summed E-state index contributed by atoms with van der Waals surface area (Å²) < 4.78 is 0. The average molecular weight is 248 g/mol. The first-order valence-corrected chi connectivity index (χ1v) is 6.50. The summed E-state index contributed by atoms with van der Waals surface area (Å²) in [6, 6.07) is 2.09. The third kappa shape index (κ3) is 3.31. The highest BCUT2D eigenvalue weighted by molar-refractivity contribution is 7.14.